The third-order valence-electron chi connectivity index (χ3n) is 3.75. The molecule has 1 fully saturated rings. The van der Waals surface area contributed by atoms with Crippen molar-refractivity contribution in [3.05, 3.63) is 28.2 Å². The van der Waals surface area contributed by atoms with Gasteiger partial charge in [0.2, 0.25) is 0 Å². The highest BCUT2D eigenvalue weighted by Crippen LogP contribution is 2.28. The summed E-state index contributed by atoms with van der Waals surface area (Å²) in [4.78, 5) is 11.9. The molecule has 3 nitrogen and oxygen atoms in total. The molecule has 1 aromatic carbocycles. The van der Waals surface area contributed by atoms with Gasteiger partial charge >= 0.3 is 0 Å². The maximum Gasteiger partial charge on any atom is 0.255 e. The number of amides is 1. The van der Waals surface area contributed by atoms with Gasteiger partial charge in [-0.25, -0.2) is 0 Å². The Bertz CT molecular complexity index is 442. The molecule has 2 rings (SSSR count). The van der Waals surface area contributed by atoms with Crippen molar-refractivity contribution in [3.63, 3.8) is 0 Å². The van der Waals surface area contributed by atoms with Gasteiger partial charge in [-0.1, -0.05) is 41.6 Å². The van der Waals surface area contributed by atoms with Crippen LogP contribution in [-0.2, 0) is 0 Å². The number of benzene rings is 1. The predicted molar refractivity (Wildman–Crippen MR) is 79.3 cm³/mol. The Balaban J connectivity index is 1.75. The second kappa shape index (κ2) is 6.94. The summed E-state index contributed by atoms with van der Waals surface area (Å²) in [5.74, 6) is 0.679. The van der Waals surface area contributed by atoms with E-state index in [9.17, 15) is 9.90 Å². The molecule has 1 saturated carbocycles. The highest BCUT2D eigenvalue weighted by molar-refractivity contribution is 9.10. The number of rotatable bonds is 5. The van der Waals surface area contributed by atoms with E-state index in [4.69, 9.17) is 0 Å². The average Bonchev–Trinajstić information content (AvgIpc) is 2.90. The molecule has 0 spiro atoms. The molecule has 0 atom stereocenters. The van der Waals surface area contributed by atoms with Crippen molar-refractivity contribution >= 4 is 21.8 Å². The molecule has 1 aliphatic carbocycles. The van der Waals surface area contributed by atoms with Gasteiger partial charge in [0.25, 0.3) is 5.91 Å². The summed E-state index contributed by atoms with van der Waals surface area (Å²) in [5, 5.41) is 12.5. The van der Waals surface area contributed by atoms with Crippen LogP contribution in [0.3, 0.4) is 0 Å². The van der Waals surface area contributed by atoms with Gasteiger partial charge in [0.05, 0.1) is 5.56 Å². The number of carbonyl (C=O) groups is 1. The molecule has 0 saturated heterocycles. The molecular weight excluding hydrogens is 306 g/mol. The van der Waals surface area contributed by atoms with Crippen LogP contribution in [0.5, 0.6) is 5.75 Å². The fraction of sp³-hybridized carbons (Fsp3) is 0.533. The summed E-state index contributed by atoms with van der Waals surface area (Å²) in [6.07, 6.45) is 7.64. The Morgan fingerprint density at radius 2 is 2.11 bits per heavy atom. The fourth-order valence-corrected chi connectivity index (χ4v) is 3.04. The Morgan fingerprint density at radius 3 is 2.84 bits per heavy atom. The first-order valence-electron chi connectivity index (χ1n) is 6.93. The van der Waals surface area contributed by atoms with E-state index in [2.05, 4.69) is 21.2 Å². The summed E-state index contributed by atoms with van der Waals surface area (Å²) in [6, 6.07) is 4.88. The van der Waals surface area contributed by atoms with Crippen LogP contribution in [0.15, 0.2) is 22.7 Å². The molecule has 104 valence electrons. The molecule has 1 aromatic rings. The first-order valence-corrected chi connectivity index (χ1v) is 7.73. The van der Waals surface area contributed by atoms with E-state index in [1.54, 1.807) is 12.1 Å². The maximum atomic E-state index is 11.9. The molecule has 2 N–H and O–H groups in total. The van der Waals surface area contributed by atoms with Crippen LogP contribution >= 0.6 is 15.9 Å². The van der Waals surface area contributed by atoms with Crippen molar-refractivity contribution in [3.8, 4) is 5.75 Å². The lowest BCUT2D eigenvalue weighted by atomic mass is 10.0. The van der Waals surface area contributed by atoms with Crippen molar-refractivity contribution < 1.29 is 9.90 Å². The molecule has 0 aromatic heterocycles. The standard InChI is InChI=1S/C15H20BrNO2/c16-12-7-8-14(18)13(10-12)15(19)17-9-3-6-11-4-1-2-5-11/h7-8,10-11,18H,1-6,9H2,(H,17,19). The van der Waals surface area contributed by atoms with Crippen LogP contribution in [0.1, 0.15) is 48.9 Å². The molecule has 1 aliphatic rings. The van der Waals surface area contributed by atoms with Crippen LogP contribution in [0, 0.1) is 5.92 Å². The summed E-state index contributed by atoms with van der Waals surface area (Å²) in [6.45, 7) is 0.682. The van der Waals surface area contributed by atoms with Crippen molar-refractivity contribution in [1.82, 2.24) is 5.32 Å². The van der Waals surface area contributed by atoms with Crippen LogP contribution in [0.2, 0.25) is 0 Å². The zero-order chi connectivity index (χ0) is 13.7. The van der Waals surface area contributed by atoms with E-state index >= 15 is 0 Å². The van der Waals surface area contributed by atoms with Gasteiger partial charge < -0.3 is 10.4 Å². The van der Waals surface area contributed by atoms with Gasteiger partial charge in [0.1, 0.15) is 5.75 Å². The van der Waals surface area contributed by atoms with Crippen molar-refractivity contribution in [1.29, 1.82) is 0 Å². The molecule has 0 heterocycles. The smallest absolute Gasteiger partial charge is 0.255 e. The molecular formula is C15H20BrNO2. The van der Waals surface area contributed by atoms with Gasteiger partial charge in [-0.2, -0.15) is 0 Å². The first-order chi connectivity index (χ1) is 9.16. The van der Waals surface area contributed by atoms with Crippen molar-refractivity contribution in [2.75, 3.05) is 6.54 Å². The van der Waals surface area contributed by atoms with Gasteiger partial charge in [0.15, 0.2) is 0 Å². The second-order valence-corrected chi connectivity index (χ2v) is 6.13. The number of aromatic hydroxyl groups is 1. The number of carbonyl (C=O) groups excluding carboxylic acids is 1. The lowest BCUT2D eigenvalue weighted by molar-refractivity contribution is 0.0949. The number of hydrogen-bond donors (Lipinski definition) is 2. The maximum absolute atomic E-state index is 11.9. The monoisotopic (exact) mass is 325 g/mol. The summed E-state index contributed by atoms with van der Waals surface area (Å²) < 4.78 is 0.793. The summed E-state index contributed by atoms with van der Waals surface area (Å²) in [5.41, 5.74) is 0.329. The lowest BCUT2D eigenvalue weighted by Crippen LogP contribution is -2.24. The normalized spacial score (nSPS) is 15.6. The van der Waals surface area contributed by atoms with E-state index in [0.29, 0.717) is 12.1 Å². The van der Waals surface area contributed by atoms with E-state index in [1.807, 2.05) is 0 Å². The lowest BCUT2D eigenvalue weighted by Gasteiger charge is -2.10. The minimum absolute atomic E-state index is 0.0245. The minimum Gasteiger partial charge on any atom is -0.507 e. The number of phenolic OH excluding ortho intramolecular Hbond substituents is 1. The average molecular weight is 326 g/mol. The quantitative estimate of drug-likeness (QED) is 0.808. The van der Waals surface area contributed by atoms with Gasteiger partial charge in [0, 0.05) is 11.0 Å². The van der Waals surface area contributed by atoms with Crippen LogP contribution in [0.4, 0.5) is 0 Å². The fourth-order valence-electron chi connectivity index (χ4n) is 2.68. The molecule has 0 radical (unpaired) electrons. The van der Waals surface area contributed by atoms with E-state index in [1.165, 1.54) is 38.2 Å². The zero-order valence-corrected chi connectivity index (χ0v) is 12.6. The molecule has 0 bridgehead atoms. The molecule has 0 aliphatic heterocycles. The summed E-state index contributed by atoms with van der Waals surface area (Å²) in [7, 11) is 0. The highest BCUT2D eigenvalue weighted by Gasteiger charge is 2.15. The van der Waals surface area contributed by atoms with E-state index in [-0.39, 0.29) is 11.7 Å². The Hall–Kier alpha value is -1.03. The Morgan fingerprint density at radius 1 is 1.37 bits per heavy atom. The second-order valence-electron chi connectivity index (χ2n) is 5.21. The van der Waals surface area contributed by atoms with Gasteiger partial charge in [-0.3, -0.25) is 4.79 Å². The largest absolute Gasteiger partial charge is 0.507 e. The molecule has 1 amide bonds. The third kappa shape index (κ3) is 4.23. The molecule has 19 heavy (non-hydrogen) atoms. The zero-order valence-electron chi connectivity index (χ0n) is 11.0. The summed E-state index contributed by atoms with van der Waals surface area (Å²) >= 11 is 3.30. The number of phenols is 1. The van der Waals surface area contributed by atoms with Crippen LogP contribution in [0.25, 0.3) is 0 Å². The predicted octanol–water partition coefficient (Wildman–Crippen LogP) is 3.85. The van der Waals surface area contributed by atoms with Gasteiger partial charge in [-0.15, -0.1) is 0 Å². The Labute approximate surface area is 122 Å². The van der Waals surface area contributed by atoms with Crippen LogP contribution < -0.4 is 5.32 Å². The SMILES string of the molecule is O=C(NCCCC1CCCC1)c1cc(Br)ccc1O. The first kappa shape index (κ1) is 14.4. The minimum atomic E-state index is -0.203. The molecule has 0 unspecified atom stereocenters. The van der Waals surface area contributed by atoms with Crippen molar-refractivity contribution in [2.45, 2.75) is 38.5 Å². The van der Waals surface area contributed by atoms with E-state index < -0.39 is 0 Å². The third-order valence-corrected chi connectivity index (χ3v) is 4.25. The molecule has 4 heteroatoms. The number of hydrogen-bond acceptors (Lipinski definition) is 2. The van der Waals surface area contributed by atoms with Gasteiger partial charge in [-0.05, 0) is 37.0 Å². The van der Waals surface area contributed by atoms with Crippen molar-refractivity contribution in [2.24, 2.45) is 5.92 Å². The Kier molecular flexibility index (Phi) is 5.25. The van der Waals surface area contributed by atoms with Crippen LogP contribution in [-0.4, -0.2) is 17.6 Å². The highest BCUT2D eigenvalue weighted by atomic mass is 79.9. The number of nitrogens with one attached hydrogen (secondary N) is 1. The number of halogens is 1. The van der Waals surface area contributed by atoms with E-state index in [0.717, 1.165) is 16.8 Å². The topological polar surface area (TPSA) is 49.3 Å².